The minimum atomic E-state index is -1.55. The molecule has 0 amide bonds. The molecule has 7 heteroatoms. The Bertz CT molecular complexity index is 326. The summed E-state index contributed by atoms with van der Waals surface area (Å²) in [6, 6.07) is 1.12. The maximum Gasteiger partial charge on any atom is 0.330 e. The Labute approximate surface area is 137 Å². The van der Waals surface area contributed by atoms with Crippen molar-refractivity contribution >= 4 is 22.6 Å². The zero-order chi connectivity index (χ0) is 17.1. The van der Waals surface area contributed by atoms with Crippen molar-refractivity contribution < 1.29 is 23.1 Å². The molecule has 5 nitrogen and oxygen atoms in total. The summed E-state index contributed by atoms with van der Waals surface area (Å²) >= 11 is 0. The maximum absolute atomic E-state index is 10.8. The van der Waals surface area contributed by atoms with Gasteiger partial charge in [0.25, 0.3) is 0 Å². The molecule has 0 spiro atoms. The number of esters is 1. The van der Waals surface area contributed by atoms with E-state index in [4.69, 9.17) is 18.3 Å². The Balaban J connectivity index is 3.43. The van der Waals surface area contributed by atoms with E-state index in [1.807, 2.05) is 0 Å². The van der Waals surface area contributed by atoms with E-state index >= 15 is 0 Å². The third kappa shape index (κ3) is 14.5. The second kappa shape index (κ2) is 11.1. The normalized spacial score (nSPS) is 12.2. The molecule has 0 bridgehead atoms. The van der Waals surface area contributed by atoms with Crippen LogP contribution in [0.5, 0.6) is 0 Å². The van der Waals surface area contributed by atoms with Crippen LogP contribution in [-0.2, 0) is 23.1 Å². The molecule has 22 heavy (non-hydrogen) atoms. The molecule has 0 atom stereocenters. The fourth-order valence-electron chi connectivity index (χ4n) is 2.06. The summed E-state index contributed by atoms with van der Waals surface area (Å²) in [4.78, 5) is 10.8. The molecule has 0 radical (unpaired) electrons. The molecular weight excluding hydrogens is 316 g/mol. The van der Waals surface area contributed by atoms with Crippen LogP contribution in [0.1, 0.15) is 6.42 Å². The van der Waals surface area contributed by atoms with Gasteiger partial charge in [-0.25, -0.2) is 4.79 Å². The van der Waals surface area contributed by atoms with Crippen molar-refractivity contribution in [3.05, 3.63) is 12.7 Å². The van der Waals surface area contributed by atoms with Gasteiger partial charge in [-0.2, -0.15) is 0 Å². The number of rotatable bonds is 13. The van der Waals surface area contributed by atoms with Gasteiger partial charge >= 0.3 is 5.97 Å². The predicted octanol–water partition coefficient (Wildman–Crippen LogP) is 3.20. The zero-order valence-electron chi connectivity index (χ0n) is 14.8. The summed E-state index contributed by atoms with van der Waals surface area (Å²) in [7, 11) is -2.98. The second-order valence-corrected chi connectivity index (χ2v) is 15.7. The van der Waals surface area contributed by atoms with Crippen molar-refractivity contribution in [2.75, 3.05) is 33.0 Å². The van der Waals surface area contributed by atoms with Crippen LogP contribution in [0.25, 0.3) is 0 Å². The number of carbonyl (C=O) groups excluding carboxylic acids is 1. The number of hydrogen-bond acceptors (Lipinski definition) is 5. The first kappa shape index (κ1) is 21.5. The smallest absolute Gasteiger partial charge is 0.330 e. The molecular formula is C15H32O5Si2. The number of hydrogen-bond donors (Lipinski definition) is 0. The standard InChI is InChI=1S/C15H32O5Si2/c1-7-15(16)19-13-12-18-11-10-17-9-8-14-22(5,6)20-21(2,3)4/h7H,1,8-14H2,2-6H3. The molecule has 0 heterocycles. The molecule has 0 N–H and O–H groups in total. The van der Waals surface area contributed by atoms with Crippen molar-refractivity contribution in [1.29, 1.82) is 0 Å². The third-order valence-corrected chi connectivity index (χ3v) is 8.88. The van der Waals surface area contributed by atoms with Crippen LogP contribution >= 0.6 is 0 Å². The van der Waals surface area contributed by atoms with Crippen LogP contribution in [0.15, 0.2) is 12.7 Å². The zero-order valence-corrected chi connectivity index (χ0v) is 16.8. The van der Waals surface area contributed by atoms with Crippen LogP contribution < -0.4 is 0 Å². The van der Waals surface area contributed by atoms with Gasteiger partial charge in [-0.05, 0) is 45.2 Å². The Kier molecular flexibility index (Phi) is 10.9. The minimum absolute atomic E-state index is 0.249. The molecule has 0 saturated carbocycles. The van der Waals surface area contributed by atoms with Crippen molar-refractivity contribution in [3.63, 3.8) is 0 Å². The molecule has 0 aliphatic rings. The lowest BCUT2D eigenvalue weighted by molar-refractivity contribution is -0.139. The van der Waals surface area contributed by atoms with Gasteiger partial charge in [-0.1, -0.05) is 6.58 Å². The van der Waals surface area contributed by atoms with E-state index in [0.29, 0.717) is 19.8 Å². The largest absolute Gasteiger partial charge is 0.460 e. The van der Waals surface area contributed by atoms with E-state index in [0.717, 1.165) is 25.1 Å². The lowest BCUT2D eigenvalue weighted by Gasteiger charge is -2.31. The summed E-state index contributed by atoms with van der Waals surface area (Å²) in [6.45, 7) is 17.0. The first-order chi connectivity index (χ1) is 10.2. The fourth-order valence-corrected chi connectivity index (χ4v) is 10.1. The van der Waals surface area contributed by atoms with Crippen molar-refractivity contribution in [1.82, 2.24) is 0 Å². The lowest BCUT2D eigenvalue weighted by Crippen LogP contribution is -2.42. The van der Waals surface area contributed by atoms with Crippen LogP contribution in [0.3, 0.4) is 0 Å². The fraction of sp³-hybridized carbons (Fsp3) is 0.800. The van der Waals surface area contributed by atoms with Crippen LogP contribution in [0.4, 0.5) is 0 Å². The van der Waals surface area contributed by atoms with Gasteiger partial charge in [-0.3, -0.25) is 0 Å². The Morgan fingerprint density at radius 3 is 2.05 bits per heavy atom. The molecule has 0 aromatic heterocycles. The molecule has 0 aliphatic heterocycles. The molecule has 0 fully saturated rings. The Hall–Kier alpha value is -0.476. The van der Waals surface area contributed by atoms with Gasteiger partial charge in [0.15, 0.2) is 16.6 Å². The van der Waals surface area contributed by atoms with Gasteiger partial charge in [-0.15, -0.1) is 0 Å². The Morgan fingerprint density at radius 1 is 0.955 bits per heavy atom. The second-order valence-electron chi connectivity index (χ2n) is 6.67. The highest BCUT2D eigenvalue weighted by molar-refractivity contribution is 6.84. The summed E-state index contributed by atoms with van der Waals surface area (Å²) in [5.74, 6) is -0.424. The predicted molar refractivity (Wildman–Crippen MR) is 94.1 cm³/mol. The SMILES string of the molecule is C=CC(=O)OCCOCCOCCC[Si](C)(C)O[Si](C)(C)C. The maximum atomic E-state index is 10.8. The molecule has 0 aromatic rings. The van der Waals surface area contributed by atoms with E-state index in [1.165, 1.54) is 0 Å². The molecule has 0 rings (SSSR count). The van der Waals surface area contributed by atoms with E-state index < -0.39 is 22.6 Å². The minimum Gasteiger partial charge on any atom is -0.460 e. The van der Waals surface area contributed by atoms with Gasteiger partial charge in [0.2, 0.25) is 0 Å². The van der Waals surface area contributed by atoms with Crippen LogP contribution in [0, 0.1) is 0 Å². The summed E-state index contributed by atoms with van der Waals surface area (Å²) < 4.78 is 21.9. The van der Waals surface area contributed by atoms with Crippen LogP contribution in [-0.4, -0.2) is 55.6 Å². The molecule has 130 valence electrons. The van der Waals surface area contributed by atoms with E-state index in [9.17, 15) is 4.79 Å². The first-order valence-electron chi connectivity index (χ1n) is 7.81. The van der Waals surface area contributed by atoms with Crippen LogP contribution in [0.2, 0.25) is 38.8 Å². The van der Waals surface area contributed by atoms with E-state index in [1.54, 1.807) is 0 Å². The lowest BCUT2D eigenvalue weighted by atomic mass is 10.5. The van der Waals surface area contributed by atoms with Gasteiger partial charge in [0, 0.05) is 12.7 Å². The number of ether oxygens (including phenoxy) is 3. The average Bonchev–Trinajstić information content (AvgIpc) is 2.37. The quantitative estimate of drug-likeness (QED) is 0.221. The Morgan fingerprint density at radius 2 is 1.50 bits per heavy atom. The molecule has 0 saturated heterocycles. The monoisotopic (exact) mass is 348 g/mol. The highest BCUT2D eigenvalue weighted by atomic mass is 28.4. The van der Waals surface area contributed by atoms with Gasteiger partial charge in [0.05, 0.1) is 19.8 Å². The number of carbonyl (C=O) groups is 1. The van der Waals surface area contributed by atoms with Crippen molar-refractivity contribution in [2.24, 2.45) is 0 Å². The topological polar surface area (TPSA) is 54.0 Å². The highest BCUT2D eigenvalue weighted by Gasteiger charge is 2.28. The van der Waals surface area contributed by atoms with E-state index in [2.05, 4.69) is 39.3 Å². The third-order valence-electron chi connectivity index (χ3n) is 2.66. The first-order valence-corrected chi connectivity index (χ1v) is 14.3. The summed E-state index contributed by atoms with van der Waals surface area (Å²) in [5, 5.41) is 0. The summed E-state index contributed by atoms with van der Waals surface area (Å²) in [6.07, 6.45) is 2.17. The summed E-state index contributed by atoms with van der Waals surface area (Å²) in [5.41, 5.74) is 0. The van der Waals surface area contributed by atoms with Gasteiger partial charge < -0.3 is 18.3 Å². The molecule has 0 aromatic carbocycles. The van der Waals surface area contributed by atoms with Crippen molar-refractivity contribution in [3.8, 4) is 0 Å². The molecule has 0 aliphatic carbocycles. The van der Waals surface area contributed by atoms with Crippen molar-refractivity contribution in [2.45, 2.75) is 45.2 Å². The molecule has 0 unspecified atom stereocenters. The highest BCUT2D eigenvalue weighted by Crippen LogP contribution is 2.19. The van der Waals surface area contributed by atoms with Gasteiger partial charge in [0.1, 0.15) is 6.61 Å². The van der Waals surface area contributed by atoms with E-state index in [-0.39, 0.29) is 6.61 Å². The average molecular weight is 349 g/mol.